The SMILES string of the molecule is O=[N+]([O-])c1ccc(C#CCc2ccccc2O)cc1. The fourth-order valence-corrected chi connectivity index (χ4v) is 1.57. The maximum Gasteiger partial charge on any atom is 0.269 e. The number of phenols is 1. The molecule has 2 aromatic rings. The second kappa shape index (κ2) is 5.69. The van der Waals surface area contributed by atoms with E-state index in [9.17, 15) is 15.2 Å². The average Bonchev–Trinajstić information content (AvgIpc) is 2.41. The Bertz CT molecular complexity index is 651. The quantitative estimate of drug-likeness (QED) is 0.508. The number of rotatable bonds is 2. The van der Waals surface area contributed by atoms with Crippen LogP contribution in [0.15, 0.2) is 48.5 Å². The molecule has 0 spiro atoms. The van der Waals surface area contributed by atoms with Gasteiger partial charge in [0.05, 0.1) is 4.92 Å². The lowest BCUT2D eigenvalue weighted by atomic mass is 10.1. The summed E-state index contributed by atoms with van der Waals surface area (Å²) in [5.74, 6) is 6.05. The third-order valence-corrected chi connectivity index (χ3v) is 2.58. The third kappa shape index (κ3) is 3.33. The first kappa shape index (κ1) is 12.7. The number of nitro benzene ring substituents is 1. The Balaban J connectivity index is 2.08. The number of non-ortho nitro benzene ring substituents is 1. The van der Waals surface area contributed by atoms with Gasteiger partial charge in [0, 0.05) is 29.7 Å². The lowest BCUT2D eigenvalue weighted by molar-refractivity contribution is -0.384. The number of aromatic hydroxyl groups is 1. The van der Waals surface area contributed by atoms with Gasteiger partial charge < -0.3 is 5.11 Å². The molecule has 0 aliphatic heterocycles. The molecule has 94 valence electrons. The molecule has 0 saturated carbocycles. The van der Waals surface area contributed by atoms with Crippen LogP contribution in [-0.4, -0.2) is 10.0 Å². The second-order valence-corrected chi connectivity index (χ2v) is 3.91. The van der Waals surface area contributed by atoms with Crippen molar-refractivity contribution in [2.24, 2.45) is 0 Å². The van der Waals surface area contributed by atoms with E-state index in [1.54, 1.807) is 30.3 Å². The summed E-state index contributed by atoms with van der Waals surface area (Å²) in [4.78, 5) is 10.0. The predicted molar refractivity (Wildman–Crippen MR) is 71.8 cm³/mol. The molecule has 19 heavy (non-hydrogen) atoms. The van der Waals surface area contributed by atoms with Crippen LogP contribution in [0.2, 0.25) is 0 Å². The van der Waals surface area contributed by atoms with Crippen LogP contribution in [0.3, 0.4) is 0 Å². The molecule has 4 nitrogen and oxygen atoms in total. The van der Waals surface area contributed by atoms with E-state index in [1.807, 2.05) is 6.07 Å². The van der Waals surface area contributed by atoms with Crippen LogP contribution in [-0.2, 0) is 6.42 Å². The molecule has 0 fully saturated rings. The van der Waals surface area contributed by atoms with Crippen molar-refractivity contribution in [3.05, 3.63) is 69.8 Å². The summed E-state index contributed by atoms with van der Waals surface area (Å²) < 4.78 is 0. The van der Waals surface area contributed by atoms with Crippen LogP contribution in [0.5, 0.6) is 5.75 Å². The summed E-state index contributed by atoms with van der Waals surface area (Å²) in [6.07, 6.45) is 0.434. The highest BCUT2D eigenvalue weighted by atomic mass is 16.6. The van der Waals surface area contributed by atoms with E-state index >= 15 is 0 Å². The Morgan fingerprint density at radius 2 is 1.79 bits per heavy atom. The minimum absolute atomic E-state index is 0.0475. The molecule has 0 aliphatic rings. The van der Waals surface area contributed by atoms with Gasteiger partial charge in [-0.05, 0) is 18.2 Å². The van der Waals surface area contributed by atoms with Crippen LogP contribution >= 0.6 is 0 Å². The molecule has 2 rings (SSSR count). The van der Waals surface area contributed by atoms with Gasteiger partial charge in [0.15, 0.2) is 0 Å². The number of nitrogens with zero attached hydrogens (tertiary/aromatic N) is 1. The van der Waals surface area contributed by atoms with Crippen molar-refractivity contribution in [2.75, 3.05) is 0 Å². The van der Waals surface area contributed by atoms with Crippen molar-refractivity contribution < 1.29 is 10.0 Å². The van der Waals surface area contributed by atoms with Crippen molar-refractivity contribution in [1.82, 2.24) is 0 Å². The maximum absolute atomic E-state index is 10.5. The van der Waals surface area contributed by atoms with Gasteiger partial charge in [-0.3, -0.25) is 10.1 Å². The van der Waals surface area contributed by atoms with Gasteiger partial charge in [-0.15, -0.1) is 0 Å². The molecule has 0 aliphatic carbocycles. The number of para-hydroxylation sites is 1. The highest BCUT2D eigenvalue weighted by molar-refractivity contribution is 5.42. The van der Waals surface area contributed by atoms with Gasteiger partial charge in [-0.2, -0.15) is 0 Å². The largest absolute Gasteiger partial charge is 0.508 e. The van der Waals surface area contributed by atoms with Crippen LogP contribution in [0, 0.1) is 22.0 Å². The summed E-state index contributed by atoms with van der Waals surface area (Å²) in [7, 11) is 0. The Hall–Kier alpha value is -2.80. The first-order valence-electron chi connectivity index (χ1n) is 5.67. The summed E-state index contributed by atoms with van der Waals surface area (Å²) in [5, 5.41) is 20.1. The molecule has 1 N–H and O–H groups in total. The van der Waals surface area contributed by atoms with Crippen LogP contribution in [0.4, 0.5) is 5.69 Å². The molecule has 2 aromatic carbocycles. The first-order chi connectivity index (χ1) is 9.16. The molecule has 0 bridgehead atoms. The number of benzene rings is 2. The fourth-order valence-electron chi connectivity index (χ4n) is 1.57. The molecule has 0 amide bonds. The second-order valence-electron chi connectivity index (χ2n) is 3.91. The Morgan fingerprint density at radius 1 is 1.11 bits per heavy atom. The average molecular weight is 253 g/mol. The molecule has 4 heteroatoms. The van der Waals surface area contributed by atoms with Gasteiger partial charge in [0.25, 0.3) is 5.69 Å². The third-order valence-electron chi connectivity index (χ3n) is 2.58. The van der Waals surface area contributed by atoms with Gasteiger partial charge in [0.1, 0.15) is 5.75 Å². The van der Waals surface area contributed by atoms with E-state index in [-0.39, 0.29) is 11.4 Å². The Kier molecular flexibility index (Phi) is 3.79. The van der Waals surface area contributed by atoms with Gasteiger partial charge in [-0.25, -0.2) is 0 Å². The molecule has 0 heterocycles. The lowest BCUT2D eigenvalue weighted by Crippen LogP contribution is -1.87. The van der Waals surface area contributed by atoms with Crippen molar-refractivity contribution in [3.8, 4) is 17.6 Å². The predicted octanol–water partition coefficient (Wildman–Crippen LogP) is 2.89. The standard InChI is InChI=1S/C15H11NO3/c17-15-7-2-1-5-13(15)6-3-4-12-8-10-14(11-9-12)16(18)19/h1-2,5,7-11,17H,6H2. The number of hydrogen-bond donors (Lipinski definition) is 1. The van der Waals surface area contributed by atoms with Gasteiger partial charge in [0.2, 0.25) is 0 Å². The maximum atomic E-state index is 10.5. The highest BCUT2D eigenvalue weighted by Crippen LogP contribution is 2.15. The van der Waals surface area contributed by atoms with Gasteiger partial charge >= 0.3 is 0 Å². The minimum atomic E-state index is -0.445. The molecule has 0 aromatic heterocycles. The van der Waals surface area contributed by atoms with E-state index in [1.165, 1.54) is 12.1 Å². The van der Waals surface area contributed by atoms with Crippen molar-refractivity contribution >= 4 is 5.69 Å². The fraction of sp³-hybridized carbons (Fsp3) is 0.0667. The van der Waals surface area contributed by atoms with E-state index in [0.29, 0.717) is 12.0 Å². The molecule has 0 unspecified atom stereocenters. The van der Waals surface area contributed by atoms with Crippen LogP contribution in [0.1, 0.15) is 11.1 Å². The van der Waals surface area contributed by atoms with E-state index in [0.717, 1.165) is 5.56 Å². The number of nitro groups is 1. The van der Waals surface area contributed by atoms with Crippen molar-refractivity contribution in [2.45, 2.75) is 6.42 Å². The number of phenolic OH excluding ortho intramolecular Hbond substituents is 1. The zero-order valence-electron chi connectivity index (χ0n) is 10.0. The summed E-state index contributed by atoms with van der Waals surface area (Å²) in [5.41, 5.74) is 1.52. The molecule has 0 saturated heterocycles. The first-order valence-corrected chi connectivity index (χ1v) is 5.67. The van der Waals surface area contributed by atoms with Crippen LogP contribution in [0.25, 0.3) is 0 Å². The molecular weight excluding hydrogens is 242 g/mol. The Labute approximate surface area is 110 Å². The zero-order chi connectivity index (χ0) is 13.7. The normalized spacial score (nSPS) is 9.47. The highest BCUT2D eigenvalue weighted by Gasteiger charge is 2.02. The topological polar surface area (TPSA) is 63.4 Å². The zero-order valence-corrected chi connectivity index (χ0v) is 10.0. The summed E-state index contributed by atoms with van der Waals surface area (Å²) in [6, 6.07) is 13.1. The Morgan fingerprint density at radius 3 is 2.42 bits per heavy atom. The van der Waals surface area contributed by atoms with Crippen molar-refractivity contribution in [3.63, 3.8) is 0 Å². The van der Waals surface area contributed by atoms with E-state index in [2.05, 4.69) is 11.8 Å². The number of hydrogen-bond acceptors (Lipinski definition) is 3. The van der Waals surface area contributed by atoms with E-state index in [4.69, 9.17) is 0 Å². The molecule has 0 radical (unpaired) electrons. The smallest absolute Gasteiger partial charge is 0.269 e. The monoisotopic (exact) mass is 253 g/mol. The lowest BCUT2D eigenvalue weighted by Gasteiger charge is -1.97. The summed E-state index contributed by atoms with van der Waals surface area (Å²) in [6.45, 7) is 0. The molecular formula is C15H11NO3. The molecule has 0 atom stereocenters. The minimum Gasteiger partial charge on any atom is -0.508 e. The van der Waals surface area contributed by atoms with Gasteiger partial charge in [-0.1, -0.05) is 30.0 Å². The van der Waals surface area contributed by atoms with Crippen LogP contribution < -0.4 is 0 Å². The summed E-state index contributed by atoms with van der Waals surface area (Å²) >= 11 is 0. The van der Waals surface area contributed by atoms with E-state index < -0.39 is 4.92 Å². The van der Waals surface area contributed by atoms with Crippen molar-refractivity contribution in [1.29, 1.82) is 0 Å².